The van der Waals surface area contributed by atoms with Crippen molar-refractivity contribution in [2.45, 2.75) is 27.3 Å². The van der Waals surface area contributed by atoms with Gasteiger partial charge in [-0.3, -0.25) is 4.98 Å². The molecule has 2 aromatic rings. The van der Waals surface area contributed by atoms with Crippen molar-refractivity contribution in [3.05, 3.63) is 47.9 Å². The average molecular weight is 271 g/mol. The van der Waals surface area contributed by atoms with E-state index in [9.17, 15) is 0 Å². The first-order chi connectivity index (χ1) is 9.65. The van der Waals surface area contributed by atoms with Crippen molar-refractivity contribution in [2.24, 2.45) is 5.92 Å². The van der Waals surface area contributed by atoms with Crippen LogP contribution >= 0.6 is 0 Å². The van der Waals surface area contributed by atoms with Gasteiger partial charge in [0, 0.05) is 24.5 Å². The second kappa shape index (κ2) is 7.01. The zero-order chi connectivity index (χ0) is 14.4. The van der Waals surface area contributed by atoms with Crippen LogP contribution in [0.15, 0.2) is 36.7 Å². The molecular formula is C16H21N3O. The van der Waals surface area contributed by atoms with Gasteiger partial charge in [-0.1, -0.05) is 19.9 Å². The maximum atomic E-state index is 5.66. The molecule has 0 amide bonds. The van der Waals surface area contributed by atoms with E-state index in [1.54, 1.807) is 12.4 Å². The first kappa shape index (κ1) is 14.5. The first-order valence-electron chi connectivity index (χ1n) is 6.90. The molecule has 2 rings (SSSR count). The highest BCUT2D eigenvalue weighted by Gasteiger charge is 2.04. The van der Waals surface area contributed by atoms with Gasteiger partial charge in [0.2, 0.25) is 5.88 Å². The molecule has 4 nitrogen and oxygen atoms in total. The predicted octanol–water partition coefficient (Wildman–Crippen LogP) is 3.32. The van der Waals surface area contributed by atoms with Gasteiger partial charge in [-0.15, -0.1) is 0 Å². The summed E-state index contributed by atoms with van der Waals surface area (Å²) in [6, 6.07) is 7.66. The molecule has 2 aromatic heterocycles. The van der Waals surface area contributed by atoms with Crippen molar-refractivity contribution in [1.29, 1.82) is 0 Å². The van der Waals surface area contributed by atoms with Crippen molar-refractivity contribution in [2.75, 3.05) is 6.54 Å². The zero-order valence-electron chi connectivity index (χ0n) is 12.3. The second-order valence-electron chi connectivity index (χ2n) is 5.21. The minimum Gasteiger partial charge on any atom is -0.437 e. The van der Waals surface area contributed by atoms with E-state index in [4.69, 9.17) is 4.74 Å². The molecule has 0 fully saturated rings. The van der Waals surface area contributed by atoms with E-state index >= 15 is 0 Å². The van der Waals surface area contributed by atoms with Crippen LogP contribution in [0.2, 0.25) is 0 Å². The Morgan fingerprint density at radius 3 is 2.75 bits per heavy atom. The summed E-state index contributed by atoms with van der Waals surface area (Å²) < 4.78 is 5.66. The summed E-state index contributed by atoms with van der Waals surface area (Å²) in [5.74, 6) is 1.95. The van der Waals surface area contributed by atoms with Crippen molar-refractivity contribution in [3.8, 4) is 11.6 Å². The third-order valence-electron chi connectivity index (χ3n) is 2.89. The summed E-state index contributed by atoms with van der Waals surface area (Å²) in [6.45, 7) is 8.24. The maximum absolute atomic E-state index is 5.66. The number of ether oxygens (including phenoxy) is 1. The van der Waals surface area contributed by atoms with Crippen molar-refractivity contribution in [1.82, 2.24) is 15.3 Å². The van der Waals surface area contributed by atoms with Crippen molar-refractivity contribution in [3.63, 3.8) is 0 Å². The Bertz CT molecular complexity index is 541. The van der Waals surface area contributed by atoms with Gasteiger partial charge in [-0.2, -0.15) is 0 Å². The Kier molecular flexibility index (Phi) is 5.07. The minimum absolute atomic E-state index is 0.600. The number of nitrogens with zero attached hydrogens (tertiary/aromatic N) is 2. The lowest BCUT2D eigenvalue weighted by molar-refractivity contribution is 0.458. The molecule has 0 saturated heterocycles. The molecule has 0 aliphatic heterocycles. The smallest absolute Gasteiger partial charge is 0.219 e. The molecule has 0 spiro atoms. The largest absolute Gasteiger partial charge is 0.437 e. The molecule has 0 aromatic carbocycles. The zero-order valence-corrected chi connectivity index (χ0v) is 12.3. The van der Waals surface area contributed by atoms with Crippen LogP contribution in [0.25, 0.3) is 0 Å². The van der Waals surface area contributed by atoms with E-state index in [1.165, 1.54) is 5.56 Å². The Morgan fingerprint density at radius 2 is 2.10 bits per heavy atom. The molecule has 20 heavy (non-hydrogen) atoms. The van der Waals surface area contributed by atoms with Gasteiger partial charge in [0.15, 0.2) is 0 Å². The van der Waals surface area contributed by atoms with Crippen molar-refractivity contribution >= 4 is 0 Å². The van der Waals surface area contributed by atoms with Crippen LogP contribution in [0.1, 0.15) is 25.1 Å². The van der Waals surface area contributed by atoms with Gasteiger partial charge >= 0.3 is 0 Å². The molecule has 0 unspecified atom stereocenters. The Balaban J connectivity index is 1.98. The quantitative estimate of drug-likeness (QED) is 0.875. The summed E-state index contributed by atoms with van der Waals surface area (Å²) in [6.07, 6.45) is 3.39. The number of aromatic nitrogens is 2. The normalized spacial score (nSPS) is 10.8. The topological polar surface area (TPSA) is 47.0 Å². The summed E-state index contributed by atoms with van der Waals surface area (Å²) >= 11 is 0. The number of rotatable bonds is 6. The number of hydrogen-bond acceptors (Lipinski definition) is 4. The van der Waals surface area contributed by atoms with Crippen LogP contribution in [-0.4, -0.2) is 16.5 Å². The summed E-state index contributed by atoms with van der Waals surface area (Å²) in [5.41, 5.74) is 2.19. The Labute approximate surface area is 120 Å². The molecule has 0 saturated carbocycles. The maximum Gasteiger partial charge on any atom is 0.219 e. The van der Waals surface area contributed by atoms with E-state index in [1.807, 2.05) is 25.1 Å². The Hall–Kier alpha value is -1.94. The van der Waals surface area contributed by atoms with Gasteiger partial charge in [-0.25, -0.2) is 4.98 Å². The van der Waals surface area contributed by atoms with Gasteiger partial charge in [0.25, 0.3) is 0 Å². The molecular weight excluding hydrogens is 250 g/mol. The fraction of sp³-hybridized carbons (Fsp3) is 0.375. The second-order valence-corrected chi connectivity index (χ2v) is 5.21. The lowest BCUT2D eigenvalue weighted by Gasteiger charge is -2.11. The molecule has 0 aliphatic rings. The van der Waals surface area contributed by atoms with E-state index in [-0.39, 0.29) is 0 Å². The van der Waals surface area contributed by atoms with Crippen LogP contribution in [-0.2, 0) is 6.54 Å². The molecule has 0 atom stereocenters. The van der Waals surface area contributed by atoms with Crippen LogP contribution in [0, 0.1) is 12.8 Å². The van der Waals surface area contributed by atoms with E-state index in [0.717, 1.165) is 18.8 Å². The summed E-state index contributed by atoms with van der Waals surface area (Å²) in [4.78, 5) is 8.49. The number of aryl methyl sites for hydroxylation is 1. The predicted molar refractivity (Wildman–Crippen MR) is 79.8 cm³/mol. The Morgan fingerprint density at radius 1 is 1.25 bits per heavy atom. The highest BCUT2D eigenvalue weighted by atomic mass is 16.5. The lowest BCUT2D eigenvalue weighted by Crippen LogP contribution is -2.19. The van der Waals surface area contributed by atoms with E-state index < -0.39 is 0 Å². The van der Waals surface area contributed by atoms with Crippen LogP contribution in [0.3, 0.4) is 0 Å². The number of pyridine rings is 2. The fourth-order valence-electron chi connectivity index (χ4n) is 1.83. The van der Waals surface area contributed by atoms with Crippen LogP contribution in [0.4, 0.5) is 0 Å². The standard InChI is InChI=1S/C16H21N3O/c1-12(2)9-18-10-14-6-7-16(19-13(14)3)20-15-5-4-8-17-11-15/h4-8,11-12,18H,9-10H2,1-3H3. The number of nitrogens with one attached hydrogen (secondary N) is 1. The van der Waals surface area contributed by atoms with Gasteiger partial charge < -0.3 is 10.1 Å². The molecule has 0 bridgehead atoms. The SMILES string of the molecule is Cc1nc(Oc2cccnc2)ccc1CNCC(C)C. The van der Waals surface area contributed by atoms with E-state index in [2.05, 4.69) is 35.2 Å². The van der Waals surface area contributed by atoms with Gasteiger partial charge in [-0.05, 0) is 37.1 Å². The highest BCUT2D eigenvalue weighted by molar-refractivity contribution is 5.28. The molecule has 0 aliphatic carbocycles. The minimum atomic E-state index is 0.600. The molecule has 4 heteroatoms. The molecule has 0 radical (unpaired) electrons. The average Bonchev–Trinajstić information content (AvgIpc) is 2.42. The van der Waals surface area contributed by atoms with E-state index in [0.29, 0.717) is 17.5 Å². The lowest BCUT2D eigenvalue weighted by atomic mass is 10.2. The molecule has 106 valence electrons. The van der Waals surface area contributed by atoms with Gasteiger partial charge in [0.1, 0.15) is 5.75 Å². The van der Waals surface area contributed by atoms with Crippen LogP contribution in [0.5, 0.6) is 11.6 Å². The third kappa shape index (κ3) is 4.31. The first-order valence-corrected chi connectivity index (χ1v) is 6.90. The van der Waals surface area contributed by atoms with Crippen LogP contribution < -0.4 is 10.1 Å². The van der Waals surface area contributed by atoms with Gasteiger partial charge in [0.05, 0.1) is 6.20 Å². The highest BCUT2D eigenvalue weighted by Crippen LogP contribution is 2.19. The number of hydrogen-bond donors (Lipinski definition) is 1. The summed E-state index contributed by atoms with van der Waals surface area (Å²) in [7, 11) is 0. The monoisotopic (exact) mass is 271 g/mol. The fourth-order valence-corrected chi connectivity index (χ4v) is 1.83. The summed E-state index contributed by atoms with van der Waals surface area (Å²) in [5, 5.41) is 3.42. The molecule has 1 N–H and O–H groups in total. The van der Waals surface area contributed by atoms with Crippen molar-refractivity contribution < 1.29 is 4.74 Å². The molecule has 2 heterocycles. The third-order valence-corrected chi connectivity index (χ3v) is 2.89.